The number of halogens is 4. The molecule has 0 amide bonds. The van der Waals surface area contributed by atoms with Crippen molar-refractivity contribution < 1.29 is 13.2 Å². The summed E-state index contributed by atoms with van der Waals surface area (Å²) in [7, 11) is 0. The van der Waals surface area contributed by atoms with Gasteiger partial charge in [0.05, 0.1) is 0 Å². The molecule has 2 unspecified atom stereocenters. The zero-order chi connectivity index (χ0) is 13.2. The Labute approximate surface area is 110 Å². The summed E-state index contributed by atoms with van der Waals surface area (Å²) >= 11 is 6.23. The molecule has 1 aromatic carbocycles. The summed E-state index contributed by atoms with van der Waals surface area (Å²) in [6.45, 7) is 0. The average Bonchev–Trinajstić information content (AvgIpc) is 2.31. The number of alkyl halides is 3. The van der Waals surface area contributed by atoms with Crippen LogP contribution in [0.15, 0.2) is 24.3 Å². The quantitative estimate of drug-likeness (QED) is 0.696. The molecule has 18 heavy (non-hydrogen) atoms. The van der Waals surface area contributed by atoms with Crippen LogP contribution in [0.4, 0.5) is 13.2 Å². The van der Waals surface area contributed by atoms with E-state index in [2.05, 4.69) is 0 Å². The maximum absolute atomic E-state index is 13.3. The Morgan fingerprint density at radius 2 is 1.94 bits per heavy atom. The lowest BCUT2D eigenvalue weighted by Crippen LogP contribution is -2.31. The van der Waals surface area contributed by atoms with Crippen LogP contribution >= 0.6 is 11.6 Å². The number of hydrogen-bond acceptors (Lipinski definition) is 0. The first-order chi connectivity index (χ1) is 8.46. The zero-order valence-corrected chi connectivity index (χ0v) is 10.8. The van der Waals surface area contributed by atoms with Crippen molar-refractivity contribution in [3.63, 3.8) is 0 Å². The molecule has 1 aliphatic carbocycles. The van der Waals surface area contributed by atoms with Gasteiger partial charge in [-0.05, 0) is 42.9 Å². The molecule has 0 saturated heterocycles. The van der Waals surface area contributed by atoms with Gasteiger partial charge in [0.2, 0.25) is 5.92 Å². The summed E-state index contributed by atoms with van der Waals surface area (Å²) in [5.74, 6) is -3.02. The van der Waals surface area contributed by atoms with Crippen molar-refractivity contribution in [3.8, 4) is 0 Å². The zero-order valence-electron chi connectivity index (χ0n) is 10.0. The Morgan fingerprint density at radius 1 is 1.28 bits per heavy atom. The molecule has 0 aromatic heterocycles. The van der Waals surface area contributed by atoms with Gasteiger partial charge in [0.25, 0.3) is 0 Å². The normalized spacial score (nSPS) is 24.8. The van der Waals surface area contributed by atoms with Crippen LogP contribution in [-0.2, 0) is 6.42 Å². The van der Waals surface area contributed by atoms with Crippen LogP contribution in [0.25, 0.3) is 0 Å². The molecule has 0 radical (unpaired) electrons. The first-order valence-electron chi connectivity index (χ1n) is 6.23. The van der Waals surface area contributed by atoms with Gasteiger partial charge in [-0.15, -0.1) is 11.6 Å². The van der Waals surface area contributed by atoms with Crippen molar-refractivity contribution >= 4 is 11.6 Å². The number of rotatable bonds is 3. The van der Waals surface area contributed by atoms with Crippen LogP contribution in [0, 0.1) is 11.7 Å². The molecule has 1 aliphatic rings. The van der Waals surface area contributed by atoms with Crippen molar-refractivity contribution in [2.75, 3.05) is 0 Å². The Hall–Kier alpha value is -0.700. The van der Waals surface area contributed by atoms with E-state index in [1.807, 2.05) is 0 Å². The van der Waals surface area contributed by atoms with Gasteiger partial charge in [0.1, 0.15) is 5.82 Å². The predicted molar refractivity (Wildman–Crippen MR) is 66.7 cm³/mol. The average molecular weight is 277 g/mol. The lowest BCUT2D eigenvalue weighted by molar-refractivity contribution is -0.0528. The second-order valence-corrected chi connectivity index (χ2v) is 5.62. The molecule has 0 bridgehead atoms. The third-order valence-corrected chi connectivity index (χ3v) is 4.04. The molecule has 1 saturated carbocycles. The van der Waals surface area contributed by atoms with E-state index in [0.717, 1.165) is 12.0 Å². The number of hydrogen-bond donors (Lipinski definition) is 0. The Balaban J connectivity index is 1.95. The minimum Gasteiger partial charge on any atom is -0.207 e. The highest BCUT2D eigenvalue weighted by Gasteiger charge is 2.38. The second kappa shape index (κ2) is 5.52. The SMILES string of the molecule is Fc1ccc(CC(Cl)C2CCCC(F)(F)C2)cc1. The van der Waals surface area contributed by atoms with E-state index < -0.39 is 5.92 Å². The van der Waals surface area contributed by atoms with Crippen molar-refractivity contribution in [1.82, 2.24) is 0 Å². The monoisotopic (exact) mass is 276 g/mol. The van der Waals surface area contributed by atoms with Gasteiger partial charge >= 0.3 is 0 Å². The van der Waals surface area contributed by atoms with Gasteiger partial charge in [-0.3, -0.25) is 0 Å². The highest BCUT2D eigenvalue weighted by Crippen LogP contribution is 2.40. The van der Waals surface area contributed by atoms with Gasteiger partial charge in [0.15, 0.2) is 0 Å². The van der Waals surface area contributed by atoms with E-state index in [0.29, 0.717) is 12.8 Å². The van der Waals surface area contributed by atoms with E-state index in [1.165, 1.54) is 12.1 Å². The molecule has 2 atom stereocenters. The van der Waals surface area contributed by atoms with Crippen molar-refractivity contribution in [1.29, 1.82) is 0 Å². The summed E-state index contributed by atoms with van der Waals surface area (Å²) < 4.78 is 39.3. The standard InChI is InChI=1S/C14H16ClF3/c15-13(8-10-3-5-12(16)6-4-10)11-2-1-7-14(17,18)9-11/h3-6,11,13H,1-2,7-9H2. The first kappa shape index (κ1) is 13.7. The van der Waals surface area contributed by atoms with Crippen molar-refractivity contribution in [2.45, 2.75) is 43.4 Å². The molecule has 0 N–H and O–H groups in total. The third kappa shape index (κ3) is 3.64. The van der Waals surface area contributed by atoms with Crippen LogP contribution in [0.2, 0.25) is 0 Å². The van der Waals surface area contributed by atoms with E-state index >= 15 is 0 Å². The van der Waals surface area contributed by atoms with Crippen LogP contribution < -0.4 is 0 Å². The van der Waals surface area contributed by atoms with Crippen LogP contribution in [0.1, 0.15) is 31.2 Å². The minimum absolute atomic E-state index is 0.0241. The summed E-state index contributed by atoms with van der Waals surface area (Å²) in [5, 5.41) is -0.304. The Bertz CT molecular complexity index is 389. The van der Waals surface area contributed by atoms with Gasteiger partial charge < -0.3 is 0 Å². The van der Waals surface area contributed by atoms with E-state index in [1.54, 1.807) is 12.1 Å². The molecule has 100 valence electrons. The fourth-order valence-corrected chi connectivity index (χ4v) is 2.92. The van der Waals surface area contributed by atoms with Gasteiger partial charge in [-0.1, -0.05) is 12.1 Å². The van der Waals surface area contributed by atoms with Crippen LogP contribution in [-0.4, -0.2) is 11.3 Å². The van der Waals surface area contributed by atoms with Crippen molar-refractivity contribution in [3.05, 3.63) is 35.6 Å². The summed E-state index contributed by atoms with van der Waals surface area (Å²) in [4.78, 5) is 0. The van der Waals surface area contributed by atoms with E-state index in [-0.39, 0.29) is 30.0 Å². The third-order valence-electron chi connectivity index (χ3n) is 3.53. The van der Waals surface area contributed by atoms with Gasteiger partial charge in [-0.25, -0.2) is 13.2 Å². The Kier molecular flexibility index (Phi) is 4.21. The molecule has 0 spiro atoms. The highest BCUT2D eigenvalue weighted by molar-refractivity contribution is 6.20. The smallest absolute Gasteiger partial charge is 0.207 e. The van der Waals surface area contributed by atoms with Gasteiger partial charge in [0, 0.05) is 18.2 Å². The fraction of sp³-hybridized carbons (Fsp3) is 0.571. The molecule has 0 aliphatic heterocycles. The Morgan fingerprint density at radius 3 is 2.56 bits per heavy atom. The topological polar surface area (TPSA) is 0 Å². The fourth-order valence-electron chi connectivity index (χ4n) is 2.53. The molecule has 0 nitrogen and oxygen atoms in total. The predicted octanol–water partition coefficient (Wildman–Crippen LogP) is 4.80. The molecule has 1 aromatic rings. The van der Waals surface area contributed by atoms with Crippen LogP contribution in [0.5, 0.6) is 0 Å². The largest absolute Gasteiger partial charge is 0.248 e. The highest BCUT2D eigenvalue weighted by atomic mass is 35.5. The lowest BCUT2D eigenvalue weighted by Gasteiger charge is -2.31. The molecule has 4 heteroatoms. The molecule has 2 rings (SSSR count). The summed E-state index contributed by atoms with van der Waals surface area (Å²) in [6, 6.07) is 6.06. The summed E-state index contributed by atoms with van der Waals surface area (Å²) in [5.41, 5.74) is 0.894. The van der Waals surface area contributed by atoms with E-state index in [4.69, 9.17) is 11.6 Å². The maximum atomic E-state index is 13.3. The number of benzene rings is 1. The van der Waals surface area contributed by atoms with Gasteiger partial charge in [-0.2, -0.15) is 0 Å². The molecular weight excluding hydrogens is 261 g/mol. The van der Waals surface area contributed by atoms with Crippen molar-refractivity contribution in [2.24, 2.45) is 5.92 Å². The maximum Gasteiger partial charge on any atom is 0.248 e. The van der Waals surface area contributed by atoms with Crippen LogP contribution in [0.3, 0.4) is 0 Å². The molecule has 0 heterocycles. The molecule has 1 fully saturated rings. The van der Waals surface area contributed by atoms with E-state index in [9.17, 15) is 13.2 Å². The minimum atomic E-state index is -2.57. The lowest BCUT2D eigenvalue weighted by atomic mass is 9.82. The summed E-state index contributed by atoms with van der Waals surface area (Å²) in [6.07, 6.45) is 1.66. The first-order valence-corrected chi connectivity index (χ1v) is 6.66. The second-order valence-electron chi connectivity index (χ2n) is 5.06. The molecular formula is C14H16ClF3.